The molecule has 3 heterocycles. The average Bonchev–Trinajstić information content (AvgIpc) is 3.68. The molecule has 9 heteroatoms. The number of aliphatic hydroxyl groups excluding tert-OH is 1. The molecule has 2 aliphatic rings. The Bertz CT molecular complexity index is 1920. The Morgan fingerprint density at radius 3 is 2.63 bits per heavy atom. The van der Waals surface area contributed by atoms with E-state index in [0.717, 1.165) is 21.6 Å². The van der Waals surface area contributed by atoms with Crippen molar-refractivity contribution in [2.24, 2.45) is 0 Å². The number of rotatable bonds is 6. The van der Waals surface area contributed by atoms with Gasteiger partial charge in [0.1, 0.15) is 30.0 Å². The zero-order chi connectivity index (χ0) is 29.7. The van der Waals surface area contributed by atoms with Crippen molar-refractivity contribution in [3.63, 3.8) is 0 Å². The monoisotopic (exact) mass is 608 g/mol. The van der Waals surface area contributed by atoms with Crippen molar-refractivity contribution in [2.45, 2.75) is 32.1 Å². The topological polar surface area (TPSA) is 89.0 Å². The van der Waals surface area contributed by atoms with Crippen molar-refractivity contribution in [3.05, 3.63) is 124 Å². The van der Waals surface area contributed by atoms with E-state index >= 15 is 0 Å². The molecule has 2 aliphatic heterocycles. The van der Waals surface area contributed by atoms with Crippen LogP contribution in [0.15, 0.2) is 96.6 Å². The largest absolute Gasteiger partial charge is 0.507 e. The predicted molar refractivity (Wildman–Crippen MR) is 167 cm³/mol. The summed E-state index contributed by atoms with van der Waals surface area (Å²) in [6.45, 7) is 2.37. The molecule has 0 aliphatic carbocycles. The molecule has 1 saturated heterocycles. The van der Waals surface area contributed by atoms with Gasteiger partial charge in [-0.2, -0.15) is 0 Å². The molecule has 5 aromatic rings. The van der Waals surface area contributed by atoms with Crippen molar-refractivity contribution in [1.29, 1.82) is 0 Å². The lowest BCUT2D eigenvalue weighted by Crippen LogP contribution is -2.29. The number of nitrogens with zero attached hydrogens (tertiary/aromatic N) is 2. The minimum absolute atomic E-state index is 0.00726. The van der Waals surface area contributed by atoms with Crippen LogP contribution in [0, 0.1) is 0 Å². The molecule has 4 aromatic carbocycles. The van der Waals surface area contributed by atoms with E-state index in [1.54, 1.807) is 54.6 Å². The summed E-state index contributed by atoms with van der Waals surface area (Å²) < 4.78 is 12.6. The summed E-state index contributed by atoms with van der Waals surface area (Å²) in [4.78, 5) is 33.4. The van der Waals surface area contributed by atoms with Gasteiger partial charge >= 0.3 is 5.91 Å². The zero-order valence-electron chi connectivity index (χ0n) is 23.0. The van der Waals surface area contributed by atoms with E-state index in [1.807, 2.05) is 43.3 Å². The van der Waals surface area contributed by atoms with Gasteiger partial charge in [-0.1, -0.05) is 65.4 Å². The average molecular weight is 609 g/mol. The van der Waals surface area contributed by atoms with E-state index in [4.69, 9.17) is 21.1 Å². The number of ether oxygens (including phenoxy) is 2. The number of carbonyl (C=O) groups is 2. The van der Waals surface area contributed by atoms with Crippen molar-refractivity contribution in [3.8, 4) is 11.5 Å². The van der Waals surface area contributed by atoms with Crippen LogP contribution < -0.4 is 14.4 Å². The van der Waals surface area contributed by atoms with E-state index < -0.39 is 17.7 Å². The molecular formula is C34H25ClN2O5S. The number of amides is 1. The molecule has 1 N–H and O–H groups in total. The Morgan fingerprint density at radius 1 is 1.05 bits per heavy atom. The molecule has 0 saturated carbocycles. The van der Waals surface area contributed by atoms with Crippen molar-refractivity contribution < 1.29 is 24.2 Å². The minimum atomic E-state index is -0.914. The third kappa shape index (κ3) is 5.02. The number of benzene rings is 4. The Labute approximate surface area is 256 Å². The minimum Gasteiger partial charge on any atom is -0.507 e. The van der Waals surface area contributed by atoms with Crippen LogP contribution in [-0.2, 0) is 22.6 Å². The number of Topliss-reactive ketones (excluding diaryl/α,β-unsaturated/α-hetero) is 1. The number of aliphatic hydroxyl groups is 1. The zero-order valence-corrected chi connectivity index (χ0v) is 24.6. The number of hydrogen-bond donors (Lipinski definition) is 1. The molecule has 0 radical (unpaired) electrons. The molecule has 1 amide bonds. The van der Waals surface area contributed by atoms with Gasteiger partial charge < -0.3 is 14.6 Å². The van der Waals surface area contributed by atoms with Crippen LogP contribution in [0.4, 0.5) is 5.13 Å². The lowest BCUT2D eigenvalue weighted by Gasteiger charge is -2.23. The number of ketones is 1. The van der Waals surface area contributed by atoms with Crippen LogP contribution in [-0.4, -0.2) is 27.9 Å². The molecule has 0 spiro atoms. The molecule has 2 atom stereocenters. The fourth-order valence-corrected chi connectivity index (χ4v) is 6.81. The number of carbonyl (C=O) groups excluding carboxylic acids is 2. The van der Waals surface area contributed by atoms with Crippen molar-refractivity contribution in [2.75, 3.05) is 4.90 Å². The maximum Gasteiger partial charge on any atom is 0.301 e. The number of halogens is 1. The summed E-state index contributed by atoms with van der Waals surface area (Å²) in [6, 6.07) is 26.7. The fraction of sp³-hybridized carbons (Fsp3) is 0.147. The summed E-state index contributed by atoms with van der Waals surface area (Å²) in [5.74, 6) is -0.414. The summed E-state index contributed by atoms with van der Waals surface area (Å²) in [5.41, 5.74) is 3.69. The van der Waals surface area contributed by atoms with Gasteiger partial charge in [0.05, 0.1) is 21.8 Å². The third-order valence-corrected chi connectivity index (χ3v) is 8.86. The number of aromatic nitrogens is 1. The van der Waals surface area contributed by atoms with Gasteiger partial charge in [0.25, 0.3) is 5.78 Å². The van der Waals surface area contributed by atoms with Gasteiger partial charge in [-0.15, -0.1) is 0 Å². The highest BCUT2D eigenvalue weighted by molar-refractivity contribution is 7.22. The van der Waals surface area contributed by atoms with Crippen LogP contribution in [0.2, 0.25) is 5.02 Å². The lowest BCUT2D eigenvalue weighted by atomic mass is 9.94. The van der Waals surface area contributed by atoms with Crippen LogP contribution >= 0.6 is 22.9 Å². The molecule has 1 fully saturated rings. The third-order valence-electron chi connectivity index (χ3n) is 7.60. The van der Waals surface area contributed by atoms with Crippen molar-refractivity contribution in [1.82, 2.24) is 4.98 Å². The molecule has 7 nitrogen and oxygen atoms in total. The molecule has 7 rings (SSSR count). The van der Waals surface area contributed by atoms with Crippen LogP contribution in [0.1, 0.15) is 35.2 Å². The standard InChI is InChI=1S/C34H25ClN2O5S/c1-19-15-23-16-22(9-14-27(23)42-19)31(38)29-30(21-7-11-25(12-8-21)41-18-20-5-3-2-4-6-20)37(33(40)32(29)39)34-36-26-13-10-24(35)17-28(26)43-34/h2-14,16-17,19,30,38H,15,18H2,1H3/b31-29-. The van der Waals surface area contributed by atoms with Gasteiger partial charge in [0.2, 0.25) is 0 Å². The van der Waals surface area contributed by atoms with E-state index in [-0.39, 0.29) is 17.4 Å². The Kier molecular flexibility index (Phi) is 6.88. The molecule has 2 unspecified atom stereocenters. The normalized spacial score (nSPS) is 19.1. The van der Waals surface area contributed by atoms with E-state index in [1.165, 1.54) is 16.2 Å². The molecule has 1 aromatic heterocycles. The highest BCUT2D eigenvalue weighted by atomic mass is 35.5. The number of fused-ring (bicyclic) bond motifs is 2. The second kappa shape index (κ2) is 10.9. The van der Waals surface area contributed by atoms with Gasteiger partial charge in [-0.25, -0.2) is 4.98 Å². The first-order valence-corrected chi connectivity index (χ1v) is 15.0. The predicted octanol–water partition coefficient (Wildman–Crippen LogP) is 7.48. The fourth-order valence-electron chi connectivity index (χ4n) is 5.55. The van der Waals surface area contributed by atoms with Gasteiger partial charge in [0, 0.05) is 17.0 Å². The summed E-state index contributed by atoms with van der Waals surface area (Å²) in [7, 11) is 0. The first-order valence-electron chi connectivity index (χ1n) is 13.8. The second-order valence-electron chi connectivity index (χ2n) is 10.6. The lowest BCUT2D eigenvalue weighted by molar-refractivity contribution is -0.132. The van der Waals surface area contributed by atoms with Crippen LogP contribution in [0.3, 0.4) is 0 Å². The maximum atomic E-state index is 13.7. The van der Waals surface area contributed by atoms with E-state index in [0.29, 0.717) is 45.6 Å². The van der Waals surface area contributed by atoms with Crippen LogP contribution in [0.25, 0.3) is 16.0 Å². The number of hydrogen-bond acceptors (Lipinski definition) is 7. The van der Waals surface area contributed by atoms with Gasteiger partial charge in [-0.05, 0) is 72.1 Å². The molecule has 214 valence electrons. The first-order chi connectivity index (χ1) is 20.9. The Balaban J connectivity index is 1.31. The summed E-state index contributed by atoms with van der Waals surface area (Å²) in [5, 5.41) is 12.5. The summed E-state index contributed by atoms with van der Waals surface area (Å²) in [6.07, 6.45) is 0.709. The van der Waals surface area contributed by atoms with Gasteiger partial charge in [0.15, 0.2) is 5.13 Å². The van der Waals surface area contributed by atoms with Crippen molar-refractivity contribution >= 4 is 55.7 Å². The number of thiazole rings is 1. The Hall–Kier alpha value is -4.66. The van der Waals surface area contributed by atoms with Crippen LogP contribution in [0.5, 0.6) is 11.5 Å². The highest BCUT2D eigenvalue weighted by Crippen LogP contribution is 2.45. The Morgan fingerprint density at radius 2 is 1.84 bits per heavy atom. The summed E-state index contributed by atoms with van der Waals surface area (Å²) >= 11 is 7.47. The SMILES string of the molecule is CC1Cc2cc(/C(O)=C3/C(=O)C(=O)N(c4nc5ccc(Cl)cc5s4)C3c3ccc(OCc4ccccc4)cc3)ccc2O1. The molecule has 43 heavy (non-hydrogen) atoms. The van der Waals surface area contributed by atoms with Gasteiger partial charge in [-0.3, -0.25) is 14.5 Å². The highest BCUT2D eigenvalue weighted by Gasteiger charge is 2.48. The van der Waals surface area contributed by atoms with E-state index in [9.17, 15) is 14.7 Å². The number of anilines is 1. The quantitative estimate of drug-likeness (QED) is 0.122. The molecular weight excluding hydrogens is 584 g/mol. The second-order valence-corrected chi connectivity index (χ2v) is 12.0. The molecule has 0 bridgehead atoms. The van der Waals surface area contributed by atoms with E-state index in [2.05, 4.69) is 4.98 Å². The maximum absolute atomic E-state index is 13.7. The smallest absolute Gasteiger partial charge is 0.301 e. The first kappa shape index (κ1) is 27.2.